The summed E-state index contributed by atoms with van der Waals surface area (Å²) < 4.78 is 5.12. The minimum atomic E-state index is -1.02. The van der Waals surface area contributed by atoms with E-state index in [9.17, 15) is 9.59 Å². The molecular weight excluding hydrogens is 296 g/mol. The van der Waals surface area contributed by atoms with Gasteiger partial charge in [0.25, 0.3) is 0 Å². The van der Waals surface area contributed by atoms with Crippen molar-refractivity contribution >= 4 is 17.7 Å². The molecule has 0 saturated carbocycles. The summed E-state index contributed by atoms with van der Waals surface area (Å²) >= 11 is 0. The molecule has 6 nitrogen and oxygen atoms in total. The Balaban J connectivity index is 1.98. The second kappa shape index (κ2) is 7.84. The standard InChI is InChI=1S/C17H18N2O4/c18-14-8-6-13(7-9-14)15(10-16(20)21)19-17(22)23-11-12-4-2-1-3-5-12/h1-9,15H,10-11,18H2,(H,19,22)(H,20,21)/t15-/m1/s1. The van der Waals surface area contributed by atoms with E-state index in [1.807, 2.05) is 30.3 Å². The second-order valence-corrected chi connectivity index (χ2v) is 5.02. The fourth-order valence-electron chi connectivity index (χ4n) is 2.06. The highest BCUT2D eigenvalue weighted by molar-refractivity contribution is 5.72. The number of carboxylic acid groups (broad SMARTS) is 1. The highest BCUT2D eigenvalue weighted by Crippen LogP contribution is 2.18. The van der Waals surface area contributed by atoms with E-state index in [-0.39, 0.29) is 13.0 Å². The Hall–Kier alpha value is -3.02. The number of nitrogens with one attached hydrogen (secondary N) is 1. The first kappa shape index (κ1) is 16.4. The molecule has 6 heteroatoms. The van der Waals surface area contributed by atoms with Gasteiger partial charge in [0.1, 0.15) is 6.61 Å². The van der Waals surface area contributed by atoms with Gasteiger partial charge in [0.15, 0.2) is 0 Å². The van der Waals surface area contributed by atoms with Gasteiger partial charge in [-0.1, -0.05) is 42.5 Å². The lowest BCUT2D eigenvalue weighted by atomic mass is 10.0. The number of benzene rings is 2. The number of carbonyl (C=O) groups excluding carboxylic acids is 1. The van der Waals surface area contributed by atoms with Gasteiger partial charge in [-0.3, -0.25) is 4.79 Å². The molecule has 2 rings (SSSR count). The third kappa shape index (κ3) is 5.35. The summed E-state index contributed by atoms with van der Waals surface area (Å²) in [4.78, 5) is 22.9. The molecule has 1 atom stereocenters. The number of rotatable bonds is 6. The largest absolute Gasteiger partial charge is 0.481 e. The molecule has 2 aromatic rings. The van der Waals surface area contributed by atoms with Crippen LogP contribution in [0.3, 0.4) is 0 Å². The Morgan fingerprint density at radius 2 is 1.74 bits per heavy atom. The molecular formula is C17H18N2O4. The van der Waals surface area contributed by atoms with Crippen molar-refractivity contribution in [3.8, 4) is 0 Å². The fraction of sp³-hybridized carbons (Fsp3) is 0.176. The van der Waals surface area contributed by atoms with Crippen molar-refractivity contribution in [2.45, 2.75) is 19.1 Å². The van der Waals surface area contributed by atoms with Gasteiger partial charge < -0.3 is 20.9 Å². The average Bonchev–Trinajstić information content (AvgIpc) is 2.53. The number of alkyl carbamates (subject to hydrolysis) is 1. The zero-order chi connectivity index (χ0) is 16.7. The Morgan fingerprint density at radius 1 is 1.09 bits per heavy atom. The quantitative estimate of drug-likeness (QED) is 0.712. The zero-order valence-electron chi connectivity index (χ0n) is 12.4. The van der Waals surface area contributed by atoms with Gasteiger partial charge >= 0.3 is 12.1 Å². The van der Waals surface area contributed by atoms with Gasteiger partial charge in [0.05, 0.1) is 12.5 Å². The number of hydrogen-bond donors (Lipinski definition) is 3. The predicted molar refractivity (Wildman–Crippen MR) is 85.6 cm³/mol. The summed E-state index contributed by atoms with van der Waals surface area (Å²) in [7, 11) is 0. The zero-order valence-corrected chi connectivity index (χ0v) is 12.4. The third-order valence-corrected chi connectivity index (χ3v) is 3.22. The first-order valence-electron chi connectivity index (χ1n) is 7.09. The number of aliphatic carboxylic acids is 1. The molecule has 0 unspecified atom stereocenters. The maximum atomic E-state index is 11.9. The van der Waals surface area contributed by atoms with Gasteiger partial charge in [-0.25, -0.2) is 4.79 Å². The minimum absolute atomic E-state index is 0.119. The van der Waals surface area contributed by atoms with Crippen LogP contribution in [0, 0.1) is 0 Å². The molecule has 1 amide bonds. The van der Waals surface area contributed by atoms with Crippen molar-refractivity contribution < 1.29 is 19.4 Å². The molecule has 0 fully saturated rings. The highest BCUT2D eigenvalue weighted by Gasteiger charge is 2.18. The van der Waals surface area contributed by atoms with E-state index in [1.165, 1.54) is 0 Å². The minimum Gasteiger partial charge on any atom is -0.481 e. The van der Waals surface area contributed by atoms with E-state index in [2.05, 4.69) is 5.32 Å². The molecule has 0 aliphatic carbocycles. The lowest BCUT2D eigenvalue weighted by molar-refractivity contribution is -0.137. The van der Waals surface area contributed by atoms with Crippen LogP contribution >= 0.6 is 0 Å². The number of amides is 1. The second-order valence-electron chi connectivity index (χ2n) is 5.02. The number of nitrogens with two attached hydrogens (primary N) is 1. The third-order valence-electron chi connectivity index (χ3n) is 3.22. The predicted octanol–water partition coefficient (Wildman–Crippen LogP) is 2.71. The summed E-state index contributed by atoms with van der Waals surface area (Å²) in [6, 6.07) is 15.2. The number of nitrogen functional groups attached to an aromatic ring is 1. The van der Waals surface area contributed by atoms with E-state index in [0.717, 1.165) is 5.56 Å². The molecule has 0 aliphatic rings. The first-order chi connectivity index (χ1) is 11.0. The molecule has 0 bridgehead atoms. The van der Waals surface area contributed by atoms with Crippen LogP contribution in [0.2, 0.25) is 0 Å². The molecule has 0 radical (unpaired) electrons. The Bertz CT molecular complexity index is 656. The van der Waals surface area contributed by atoms with Crippen LogP contribution in [0.5, 0.6) is 0 Å². The van der Waals surface area contributed by atoms with Crippen LogP contribution in [0.1, 0.15) is 23.6 Å². The number of carboxylic acids is 1. The molecule has 23 heavy (non-hydrogen) atoms. The van der Waals surface area contributed by atoms with Crippen molar-refractivity contribution in [1.29, 1.82) is 0 Å². The normalized spacial score (nSPS) is 11.5. The first-order valence-corrected chi connectivity index (χ1v) is 7.09. The Kier molecular flexibility index (Phi) is 5.57. The number of carbonyl (C=O) groups is 2. The lowest BCUT2D eigenvalue weighted by Gasteiger charge is -2.17. The topological polar surface area (TPSA) is 102 Å². The Labute approximate surface area is 133 Å². The molecule has 0 heterocycles. The molecule has 2 aromatic carbocycles. The number of anilines is 1. The van der Waals surface area contributed by atoms with Crippen LogP contribution in [0.4, 0.5) is 10.5 Å². The molecule has 4 N–H and O–H groups in total. The van der Waals surface area contributed by atoms with Crippen LogP contribution in [-0.4, -0.2) is 17.2 Å². The van der Waals surface area contributed by atoms with E-state index in [0.29, 0.717) is 11.3 Å². The van der Waals surface area contributed by atoms with Crippen LogP contribution in [0.15, 0.2) is 54.6 Å². The van der Waals surface area contributed by atoms with Gasteiger partial charge in [0.2, 0.25) is 0 Å². The maximum absolute atomic E-state index is 11.9. The van der Waals surface area contributed by atoms with Crippen LogP contribution in [0.25, 0.3) is 0 Å². The highest BCUT2D eigenvalue weighted by atomic mass is 16.5. The van der Waals surface area contributed by atoms with Gasteiger partial charge in [-0.05, 0) is 23.3 Å². The van der Waals surface area contributed by atoms with E-state index in [1.54, 1.807) is 24.3 Å². The van der Waals surface area contributed by atoms with E-state index >= 15 is 0 Å². The fourth-order valence-corrected chi connectivity index (χ4v) is 2.06. The molecule has 0 saturated heterocycles. The van der Waals surface area contributed by atoms with Crippen LogP contribution < -0.4 is 11.1 Å². The monoisotopic (exact) mass is 314 g/mol. The Morgan fingerprint density at radius 3 is 2.35 bits per heavy atom. The summed E-state index contributed by atoms with van der Waals surface area (Å²) in [5.41, 5.74) is 7.68. The van der Waals surface area contributed by atoms with Crippen molar-refractivity contribution in [3.05, 3.63) is 65.7 Å². The molecule has 0 aliphatic heterocycles. The van der Waals surface area contributed by atoms with Crippen molar-refractivity contribution in [2.24, 2.45) is 0 Å². The van der Waals surface area contributed by atoms with E-state index in [4.69, 9.17) is 15.6 Å². The van der Waals surface area contributed by atoms with Crippen molar-refractivity contribution in [2.75, 3.05) is 5.73 Å². The van der Waals surface area contributed by atoms with Gasteiger partial charge in [-0.2, -0.15) is 0 Å². The van der Waals surface area contributed by atoms with Crippen LogP contribution in [-0.2, 0) is 16.1 Å². The lowest BCUT2D eigenvalue weighted by Crippen LogP contribution is -2.30. The van der Waals surface area contributed by atoms with Crippen molar-refractivity contribution in [3.63, 3.8) is 0 Å². The maximum Gasteiger partial charge on any atom is 0.407 e. The molecule has 0 spiro atoms. The summed E-state index contributed by atoms with van der Waals surface area (Å²) in [6.07, 6.45) is -0.915. The smallest absolute Gasteiger partial charge is 0.407 e. The summed E-state index contributed by atoms with van der Waals surface area (Å²) in [6.45, 7) is 0.119. The number of hydrogen-bond acceptors (Lipinski definition) is 4. The van der Waals surface area contributed by atoms with Gasteiger partial charge in [0, 0.05) is 5.69 Å². The average molecular weight is 314 g/mol. The summed E-state index contributed by atoms with van der Waals surface area (Å²) in [5, 5.41) is 11.6. The van der Waals surface area contributed by atoms with Crippen molar-refractivity contribution in [1.82, 2.24) is 5.32 Å². The molecule has 120 valence electrons. The van der Waals surface area contributed by atoms with Gasteiger partial charge in [-0.15, -0.1) is 0 Å². The SMILES string of the molecule is Nc1ccc([C@@H](CC(=O)O)NC(=O)OCc2ccccc2)cc1. The summed E-state index contributed by atoms with van der Waals surface area (Å²) in [5.74, 6) is -1.02. The number of ether oxygens (including phenoxy) is 1. The molecule has 0 aromatic heterocycles. The van der Waals surface area contributed by atoms with E-state index < -0.39 is 18.1 Å².